The molecule has 0 fully saturated rings. The van der Waals surface area contributed by atoms with Crippen molar-refractivity contribution in [3.8, 4) is 0 Å². The molecule has 1 aliphatic rings. The number of nitrogens with zero attached hydrogens (tertiary/aromatic N) is 1. The fourth-order valence-corrected chi connectivity index (χ4v) is 2.42. The number of thioether (sulfide) groups is 1. The molecule has 1 rings (SSSR count). The third-order valence-corrected chi connectivity index (χ3v) is 3.45. The van der Waals surface area contributed by atoms with E-state index >= 15 is 0 Å². The van der Waals surface area contributed by atoms with Gasteiger partial charge in [-0.2, -0.15) is 11.8 Å². The van der Waals surface area contributed by atoms with Gasteiger partial charge in [-0.25, -0.2) is 0 Å². The van der Waals surface area contributed by atoms with Gasteiger partial charge in [0.15, 0.2) is 0 Å². The van der Waals surface area contributed by atoms with Crippen LogP contribution in [0.4, 0.5) is 0 Å². The standard InChI is InChI=1S/C13H19NS/c1-4-15-11(2)13-7-5-6-12(8-9-13)10-14-3/h6-11H,4-5H2,1-3H3. The lowest BCUT2D eigenvalue weighted by Crippen LogP contribution is -1.99. The van der Waals surface area contributed by atoms with E-state index in [-0.39, 0.29) is 0 Å². The van der Waals surface area contributed by atoms with Crippen LogP contribution >= 0.6 is 11.8 Å². The van der Waals surface area contributed by atoms with Gasteiger partial charge in [-0.05, 0) is 30.2 Å². The van der Waals surface area contributed by atoms with E-state index < -0.39 is 0 Å². The van der Waals surface area contributed by atoms with E-state index in [4.69, 9.17) is 0 Å². The second kappa shape index (κ2) is 6.67. The van der Waals surface area contributed by atoms with Gasteiger partial charge in [0.1, 0.15) is 0 Å². The molecule has 0 heterocycles. The van der Waals surface area contributed by atoms with Crippen molar-refractivity contribution in [2.24, 2.45) is 4.99 Å². The molecule has 1 nitrogen and oxygen atoms in total. The van der Waals surface area contributed by atoms with Gasteiger partial charge in [0.25, 0.3) is 0 Å². The monoisotopic (exact) mass is 221 g/mol. The molecular weight excluding hydrogens is 202 g/mol. The molecule has 0 aromatic heterocycles. The predicted molar refractivity (Wildman–Crippen MR) is 71.9 cm³/mol. The second-order valence-corrected chi connectivity index (χ2v) is 5.08. The summed E-state index contributed by atoms with van der Waals surface area (Å²) in [6, 6.07) is 0. The van der Waals surface area contributed by atoms with Crippen LogP contribution < -0.4 is 0 Å². The lowest BCUT2D eigenvalue weighted by molar-refractivity contribution is 1.15. The van der Waals surface area contributed by atoms with Crippen molar-refractivity contribution in [2.45, 2.75) is 25.5 Å². The first-order valence-electron chi connectivity index (χ1n) is 5.40. The van der Waals surface area contributed by atoms with E-state index in [0.717, 1.165) is 6.42 Å². The lowest BCUT2D eigenvalue weighted by Gasteiger charge is -2.10. The highest BCUT2D eigenvalue weighted by Gasteiger charge is 2.06. The van der Waals surface area contributed by atoms with Crippen molar-refractivity contribution in [3.63, 3.8) is 0 Å². The minimum absolute atomic E-state index is 0.595. The summed E-state index contributed by atoms with van der Waals surface area (Å²) < 4.78 is 0. The van der Waals surface area contributed by atoms with Gasteiger partial charge in [0.2, 0.25) is 0 Å². The number of aliphatic imine (C=N–C) groups is 1. The van der Waals surface area contributed by atoms with Crippen molar-refractivity contribution >= 4 is 18.0 Å². The molecule has 82 valence electrons. The van der Waals surface area contributed by atoms with Gasteiger partial charge < -0.3 is 0 Å². The molecule has 0 amide bonds. The number of hydrogen-bond donors (Lipinski definition) is 0. The molecule has 0 radical (unpaired) electrons. The number of allylic oxidation sites excluding steroid dienone is 5. The highest BCUT2D eigenvalue weighted by molar-refractivity contribution is 8.00. The Morgan fingerprint density at radius 3 is 2.93 bits per heavy atom. The smallest absolute Gasteiger partial charge is 0.0278 e. The van der Waals surface area contributed by atoms with Crippen LogP contribution in [0.3, 0.4) is 0 Å². The summed E-state index contributed by atoms with van der Waals surface area (Å²) in [5.74, 6) is 1.17. The number of rotatable bonds is 4. The average molecular weight is 221 g/mol. The Hall–Kier alpha value is -0.760. The van der Waals surface area contributed by atoms with Gasteiger partial charge >= 0.3 is 0 Å². The Morgan fingerprint density at radius 2 is 2.27 bits per heavy atom. The highest BCUT2D eigenvalue weighted by Crippen LogP contribution is 2.22. The molecular formula is C13H19NS. The van der Waals surface area contributed by atoms with E-state index in [1.165, 1.54) is 16.9 Å². The fraction of sp³-hybridized carbons (Fsp3) is 0.462. The molecule has 1 unspecified atom stereocenters. The van der Waals surface area contributed by atoms with Crippen LogP contribution in [0.25, 0.3) is 0 Å². The van der Waals surface area contributed by atoms with Crippen molar-refractivity contribution in [1.82, 2.24) is 0 Å². The van der Waals surface area contributed by atoms with E-state index in [2.05, 4.69) is 43.1 Å². The zero-order chi connectivity index (χ0) is 11.1. The van der Waals surface area contributed by atoms with Crippen LogP contribution in [0.5, 0.6) is 0 Å². The SMILES string of the molecule is CCSC(C)C1=CCC=C(C=NC)C=C1. The quantitative estimate of drug-likeness (QED) is 0.660. The summed E-state index contributed by atoms with van der Waals surface area (Å²) in [6.07, 6.45) is 11.8. The predicted octanol–water partition coefficient (Wildman–Crippen LogP) is 3.64. The normalized spacial score (nSPS) is 18.6. The molecule has 1 aliphatic carbocycles. The molecule has 1 atom stereocenters. The first kappa shape index (κ1) is 12.3. The fourth-order valence-electron chi connectivity index (χ4n) is 1.55. The first-order chi connectivity index (χ1) is 7.27. The van der Waals surface area contributed by atoms with Crippen molar-refractivity contribution < 1.29 is 0 Å². The molecule has 0 saturated carbocycles. The van der Waals surface area contributed by atoms with Gasteiger partial charge in [0.05, 0.1) is 0 Å². The van der Waals surface area contributed by atoms with E-state index in [1.807, 2.05) is 25.0 Å². The Kier molecular flexibility index (Phi) is 5.48. The van der Waals surface area contributed by atoms with E-state index in [0.29, 0.717) is 5.25 Å². The van der Waals surface area contributed by atoms with E-state index in [9.17, 15) is 0 Å². The molecule has 0 aromatic carbocycles. The van der Waals surface area contributed by atoms with Gasteiger partial charge in [0, 0.05) is 18.5 Å². The summed E-state index contributed by atoms with van der Waals surface area (Å²) in [6.45, 7) is 4.47. The summed E-state index contributed by atoms with van der Waals surface area (Å²) in [7, 11) is 1.81. The van der Waals surface area contributed by atoms with Crippen molar-refractivity contribution in [3.05, 3.63) is 35.5 Å². The zero-order valence-corrected chi connectivity index (χ0v) is 10.6. The molecule has 0 aliphatic heterocycles. The molecule has 0 N–H and O–H groups in total. The number of hydrogen-bond acceptors (Lipinski definition) is 2. The molecule has 0 aromatic rings. The maximum absolute atomic E-state index is 4.03. The Morgan fingerprint density at radius 1 is 1.47 bits per heavy atom. The van der Waals surface area contributed by atoms with Crippen LogP contribution in [0.2, 0.25) is 0 Å². The van der Waals surface area contributed by atoms with E-state index in [1.54, 1.807) is 0 Å². The molecule has 0 saturated heterocycles. The highest BCUT2D eigenvalue weighted by atomic mass is 32.2. The van der Waals surface area contributed by atoms with Crippen LogP contribution in [0.15, 0.2) is 40.4 Å². The maximum Gasteiger partial charge on any atom is 0.0278 e. The third kappa shape index (κ3) is 4.08. The minimum atomic E-state index is 0.595. The maximum atomic E-state index is 4.03. The Balaban J connectivity index is 2.66. The summed E-state index contributed by atoms with van der Waals surface area (Å²) in [4.78, 5) is 4.03. The molecule has 0 spiro atoms. The van der Waals surface area contributed by atoms with Crippen LogP contribution in [0, 0.1) is 0 Å². The summed E-state index contributed by atoms with van der Waals surface area (Å²) in [5, 5.41) is 0.595. The largest absolute Gasteiger partial charge is 0.296 e. The Bertz CT molecular complexity index is 310. The Labute approximate surface area is 97.1 Å². The van der Waals surface area contributed by atoms with Gasteiger partial charge in [-0.15, -0.1) is 0 Å². The van der Waals surface area contributed by atoms with Crippen molar-refractivity contribution in [2.75, 3.05) is 12.8 Å². The molecule has 2 heteroatoms. The molecule has 15 heavy (non-hydrogen) atoms. The minimum Gasteiger partial charge on any atom is -0.296 e. The van der Waals surface area contributed by atoms with Crippen molar-refractivity contribution in [1.29, 1.82) is 0 Å². The third-order valence-electron chi connectivity index (χ3n) is 2.34. The van der Waals surface area contributed by atoms with Gasteiger partial charge in [-0.3, -0.25) is 4.99 Å². The van der Waals surface area contributed by atoms with Crippen LogP contribution in [-0.4, -0.2) is 24.3 Å². The topological polar surface area (TPSA) is 12.4 Å². The second-order valence-electron chi connectivity index (χ2n) is 3.46. The van der Waals surface area contributed by atoms with Crippen LogP contribution in [-0.2, 0) is 0 Å². The summed E-state index contributed by atoms with van der Waals surface area (Å²) in [5.41, 5.74) is 2.63. The lowest BCUT2D eigenvalue weighted by atomic mass is 10.1. The average Bonchev–Trinajstić information content (AvgIpc) is 2.44. The van der Waals surface area contributed by atoms with Crippen LogP contribution in [0.1, 0.15) is 20.3 Å². The first-order valence-corrected chi connectivity index (χ1v) is 6.44. The van der Waals surface area contributed by atoms with Gasteiger partial charge in [-0.1, -0.05) is 31.2 Å². The molecule has 0 bridgehead atoms. The summed E-state index contributed by atoms with van der Waals surface area (Å²) >= 11 is 1.99. The zero-order valence-electron chi connectivity index (χ0n) is 9.73.